The van der Waals surface area contributed by atoms with Crippen LogP contribution in [-0.4, -0.2) is 63.5 Å². The number of carbonyl (C=O) groups excluding carboxylic acids is 1. The minimum atomic E-state index is -0.301. The molecule has 180 valence electrons. The van der Waals surface area contributed by atoms with Gasteiger partial charge in [0.1, 0.15) is 11.6 Å². The van der Waals surface area contributed by atoms with Gasteiger partial charge in [-0.1, -0.05) is 0 Å². The topological polar surface area (TPSA) is 92.5 Å². The van der Waals surface area contributed by atoms with Gasteiger partial charge in [0.2, 0.25) is 0 Å². The molecule has 2 aromatic heterocycles. The highest BCUT2D eigenvalue weighted by atomic mass is 16.5. The van der Waals surface area contributed by atoms with E-state index in [2.05, 4.69) is 33.8 Å². The quantitative estimate of drug-likeness (QED) is 0.498. The Kier molecular flexibility index (Phi) is 6.52. The average Bonchev–Trinajstić information content (AvgIpc) is 3.41. The summed E-state index contributed by atoms with van der Waals surface area (Å²) in [4.78, 5) is 24.7. The van der Waals surface area contributed by atoms with Crippen molar-refractivity contribution in [1.82, 2.24) is 19.9 Å². The molecule has 1 unspecified atom stereocenters. The molecule has 1 saturated carbocycles. The predicted molar refractivity (Wildman–Crippen MR) is 132 cm³/mol. The number of benzene rings is 1. The van der Waals surface area contributed by atoms with E-state index in [1.54, 1.807) is 0 Å². The van der Waals surface area contributed by atoms with E-state index < -0.39 is 0 Å². The number of rotatable bonds is 8. The number of hydrogen-bond acceptors (Lipinski definition) is 6. The van der Waals surface area contributed by atoms with Crippen LogP contribution in [0.2, 0.25) is 0 Å². The number of aliphatic hydroxyl groups is 1. The Morgan fingerprint density at radius 2 is 2.12 bits per heavy atom. The number of anilines is 1. The van der Waals surface area contributed by atoms with Crippen LogP contribution in [-0.2, 0) is 11.3 Å². The Bertz CT molecular complexity index is 1150. The van der Waals surface area contributed by atoms with E-state index in [1.165, 1.54) is 12.8 Å². The molecule has 5 rings (SSSR count). The van der Waals surface area contributed by atoms with Crippen LogP contribution in [0, 0.1) is 0 Å². The number of aromatic nitrogens is 3. The standard InChI is InChI=1S/C26H33N5O3/c1-3-34-12-11-31-23-8-6-18(26(33)28-20-14-21(32)15-20)13-22(23)29-25(31)19-7-9-24(27-16-19)30-10-4-5-17(30)2/h6-9,13,16-17,20-21,32H,3-5,10-12,14-15H2,1-2H3,(H,28,33). The molecule has 0 spiro atoms. The Morgan fingerprint density at radius 1 is 1.26 bits per heavy atom. The molecule has 3 heterocycles. The third-order valence-electron chi connectivity index (χ3n) is 6.98. The molecule has 2 aliphatic rings. The molecule has 0 bridgehead atoms. The second kappa shape index (κ2) is 9.72. The molecular formula is C26H33N5O3. The number of aliphatic hydroxyl groups excluding tert-OH is 1. The van der Waals surface area contributed by atoms with Gasteiger partial charge in [0.25, 0.3) is 5.91 Å². The van der Waals surface area contributed by atoms with Gasteiger partial charge in [-0.3, -0.25) is 4.79 Å². The van der Waals surface area contributed by atoms with Crippen molar-refractivity contribution in [3.63, 3.8) is 0 Å². The summed E-state index contributed by atoms with van der Waals surface area (Å²) >= 11 is 0. The monoisotopic (exact) mass is 463 g/mol. The third kappa shape index (κ3) is 4.52. The molecule has 8 heteroatoms. The Labute approximate surface area is 200 Å². The number of carbonyl (C=O) groups is 1. The van der Waals surface area contributed by atoms with E-state index in [4.69, 9.17) is 14.7 Å². The van der Waals surface area contributed by atoms with Crippen molar-refractivity contribution in [3.05, 3.63) is 42.1 Å². The van der Waals surface area contributed by atoms with Gasteiger partial charge < -0.3 is 24.6 Å². The summed E-state index contributed by atoms with van der Waals surface area (Å²) in [5.41, 5.74) is 3.25. The fourth-order valence-corrected chi connectivity index (χ4v) is 4.95. The number of ether oxygens (including phenoxy) is 1. The lowest BCUT2D eigenvalue weighted by Crippen LogP contribution is -2.46. The van der Waals surface area contributed by atoms with Gasteiger partial charge in [0, 0.05) is 49.1 Å². The van der Waals surface area contributed by atoms with Crippen LogP contribution in [0.3, 0.4) is 0 Å². The number of hydrogen-bond donors (Lipinski definition) is 2. The van der Waals surface area contributed by atoms with Crippen LogP contribution < -0.4 is 10.2 Å². The molecule has 1 atom stereocenters. The minimum absolute atomic E-state index is 0.0421. The van der Waals surface area contributed by atoms with E-state index in [1.807, 2.05) is 31.3 Å². The summed E-state index contributed by atoms with van der Waals surface area (Å²) in [6, 6.07) is 10.4. The third-order valence-corrected chi connectivity index (χ3v) is 6.98. The maximum atomic E-state index is 12.7. The number of imidazole rings is 1. The largest absolute Gasteiger partial charge is 0.393 e. The predicted octanol–water partition coefficient (Wildman–Crippen LogP) is 3.38. The highest BCUT2D eigenvalue weighted by Crippen LogP contribution is 2.29. The number of nitrogens with one attached hydrogen (secondary N) is 1. The van der Waals surface area contributed by atoms with Gasteiger partial charge >= 0.3 is 0 Å². The molecule has 1 amide bonds. The second-order valence-corrected chi connectivity index (χ2v) is 9.37. The van der Waals surface area contributed by atoms with Gasteiger partial charge in [-0.05, 0) is 69.9 Å². The minimum Gasteiger partial charge on any atom is -0.393 e. The maximum absolute atomic E-state index is 12.7. The van der Waals surface area contributed by atoms with Crippen molar-refractivity contribution >= 4 is 22.8 Å². The smallest absolute Gasteiger partial charge is 0.251 e. The first-order valence-electron chi connectivity index (χ1n) is 12.3. The molecule has 8 nitrogen and oxygen atoms in total. The van der Waals surface area contributed by atoms with Gasteiger partial charge in [-0.2, -0.15) is 0 Å². The zero-order valence-corrected chi connectivity index (χ0v) is 19.9. The Hall–Kier alpha value is -2.97. The average molecular weight is 464 g/mol. The first kappa shape index (κ1) is 22.8. The summed E-state index contributed by atoms with van der Waals surface area (Å²) in [5, 5.41) is 12.5. The van der Waals surface area contributed by atoms with Crippen molar-refractivity contribution < 1.29 is 14.6 Å². The number of pyridine rings is 1. The Morgan fingerprint density at radius 3 is 2.79 bits per heavy atom. The van der Waals surface area contributed by atoms with Crippen molar-refractivity contribution in [2.75, 3.05) is 24.7 Å². The van der Waals surface area contributed by atoms with Crippen LogP contribution in [0.5, 0.6) is 0 Å². The van der Waals surface area contributed by atoms with Crippen LogP contribution >= 0.6 is 0 Å². The van der Waals surface area contributed by atoms with Crippen molar-refractivity contribution in [2.24, 2.45) is 0 Å². The SMILES string of the molecule is CCOCCn1c(-c2ccc(N3CCCC3C)nc2)nc2cc(C(=O)NC3CC(O)C3)ccc21. The maximum Gasteiger partial charge on any atom is 0.251 e. The fraction of sp³-hybridized carbons (Fsp3) is 0.500. The molecule has 1 aromatic carbocycles. The van der Waals surface area contributed by atoms with Gasteiger partial charge in [-0.15, -0.1) is 0 Å². The highest BCUT2D eigenvalue weighted by Gasteiger charge is 2.29. The summed E-state index contributed by atoms with van der Waals surface area (Å²) < 4.78 is 7.77. The van der Waals surface area contributed by atoms with Crippen molar-refractivity contribution in [1.29, 1.82) is 0 Å². The molecule has 34 heavy (non-hydrogen) atoms. The molecular weight excluding hydrogens is 430 g/mol. The first-order valence-corrected chi connectivity index (χ1v) is 12.3. The molecule has 1 aliphatic carbocycles. The summed E-state index contributed by atoms with van der Waals surface area (Å²) in [6.45, 7) is 7.18. The summed E-state index contributed by atoms with van der Waals surface area (Å²) in [7, 11) is 0. The molecule has 1 saturated heterocycles. The fourth-order valence-electron chi connectivity index (χ4n) is 4.95. The molecule has 2 N–H and O–H groups in total. The van der Waals surface area contributed by atoms with E-state index in [0.29, 0.717) is 44.2 Å². The second-order valence-electron chi connectivity index (χ2n) is 9.37. The van der Waals surface area contributed by atoms with Crippen LogP contribution in [0.4, 0.5) is 5.82 Å². The van der Waals surface area contributed by atoms with Gasteiger partial charge in [0.05, 0.1) is 23.7 Å². The van der Waals surface area contributed by atoms with Gasteiger partial charge in [0.15, 0.2) is 0 Å². The van der Waals surface area contributed by atoms with Crippen LogP contribution in [0.1, 0.15) is 49.9 Å². The highest BCUT2D eigenvalue weighted by molar-refractivity contribution is 5.98. The molecule has 1 aliphatic heterocycles. The van der Waals surface area contributed by atoms with Crippen molar-refractivity contribution in [3.8, 4) is 11.4 Å². The number of nitrogens with zero attached hydrogens (tertiary/aromatic N) is 4. The zero-order chi connectivity index (χ0) is 23.7. The summed E-state index contributed by atoms with van der Waals surface area (Å²) in [5.74, 6) is 1.70. The van der Waals surface area contributed by atoms with Crippen LogP contribution in [0.15, 0.2) is 36.5 Å². The van der Waals surface area contributed by atoms with E-state index in [-0.39, 0.29) is 18.1 Å². The van der Waals surface area contributed by atoms with Crippen LogP contribution in [0.25, 0.3) is 22.4 Å². The van der Waals surface area contributed by atoms with E-state index in [0.717, 1.165) is 34.8 Å². The van der Waals surface area contributed by atoms with E-state index in [9.17, 15) is 9.90 Å². The lowest BCUT2D eigenvalue weighted by atomic mass is 9.89. The normalized spacial score (nSPS) is 22.2. The van der Waals surface area contributed by atoms with Crippen molar-refractivity contribution in [2.45, 2.75) is 64.3 Å². The number of amides is 1. The zero-order valence-electron chi connectivity index (χ0n) is 19.9. The molecule has 3 aromatic rings. The lowest BCUT2D eigenvalue weighted by molar-refractivity contribution is 0.0562. The molecule has 2 fully saturated rings. The molecule has 0 radical (unpaired) electrons. The lowest BCUT2D eigenvalue weighted by Gasteiger charge is -2.31. The Balaban J connectivity index is 1.44. The summed E-state index contributed by atoms with van der Waals surface area (Å²) in [6.07, 6.45) is 5.23. The van der Waals surface area contributed by atoms with Gasteiger partial charge in [-0.25, -0.2) is 9.97 Å². The van der Waals surface area contributed by atoms with E-state index >= 15 is 0 Å². The first-order chi connectivity index (χ1) is 16.5. The number of fused-ring (bicyclic) bond motifs is 1.